The summed E-state index contributed by atoms with van der Waals surface area (Å²) in [6.07, 6.45) is 17.0. The van der Waals surface area contributed by atoms with Crippen LogP contribution in [-0.4, -0.2) is 39.7 Å². The van der Waals surface area contributed by atoms with E-state index in [9.17, 15) is 0 Å². The molecular formula is C28H36N6. The van der Waals surface area contributed by atoms with E-state index in [1.807, 2.05) is 25.5 Å². The second-order valence-electron chi connectivity index (χ2n) is 9.66. The number of aromatic nitrogens is 4. The van der Waals surface area contributed by atoms with E-state index >= 15 is 0 Å². The second-order valence-corrected chi connectivity index (χ2v) is 9.66. The average molecular weight is 457 g/mol. The Labute approximate surface area is 203 Å². The summed E-state index contributed by atoms with van der Waals surface area (Å²) >= 11 is 0. The van der Waals surface area contributed by atoms with Crippen LogP contribution in [0.15, 0.2) is 42.7 Å². The summed E-state index contributed by atoms with van der Waals surface area (Å²) in [4.78, 5) is 16.3. The Morgan fingerprint density at radius 2 is 1.88 bits per heavy atom. The van der Waals surface area contributed by atoms with Crippen molar-refractivity contribution in [2.24, 2.45) is 5.92 Å². The fraction of sp³-hybridized carbons (Fsp3) is 0.464. The van der Waals surface area contributed by atoms with Crippen molar-refractivity contribution in [1.29, 1.82) is 0 Å². The summed E-state index contributed by atoms with van der Waals surface area (Å²) in [5, 5.41) is 3.24. The summed E-state index contributed by atoms with van der Waals surface area (Å²) in [5.74, 6) is 2.79. The first-order valence-electron chi connectivity index (χ1n) is 12.8. The number of nitrogens with one attached hydrogen (secondary N) is 1. The zero-order chi connectivity index (χ0) is 23.3. The number of fused-ring (bicyclic) bond motifs is 2. The predicted molar refractivity (Wildman–Crippen MR) is 139 cm³/mol. The van der Waals surface area contributed by atoms with E-state index in [1.165, 1.54) is 55.5 Å². The average Bonchev–Trinajstić information content (AvgIpc) is 3.53. The minimum Gasteiger partial charge on any atom is -0.357 e. The molecule has 0 aromatic carbocycles. The Hall–Kier alpha value is -2.99. The van der Waals surface area contributed by atoms with Crippen LogP contribution in [0.2, 0.25) is 0 Å². The summed E-state index contributed by atoms with van der Waals surface area (Å²) < 4.78 is 2.24. The number of nitrogens with zero attached hydrogens (tertiary/aromatic N) is 5. The van der Waals surface area contributed by atoms with Crippen molar-refractivity contribution in [3.8, 4) is 11.3 Å². The molecule has 1 atom stereocenters. The monoisotopic (exact) mass is 456 g/mol. The predicted octanol–water partition coefficient (Wildman–Crippen LogP) is 4.89. The van der Waals surface area contributed by atoms with Gasteiger partial charge in [0, 0.05) is 55.9 Å². The van der Waals surface area contributed by atoms with Gasteiger partial charge in [0.2, 0.25) is 0 Å². The van der Waals surface area contributed by atoms with Gasteiger partial charge in [-0.25, -0.2) is 9.97 Å². The highest BCUT2D eigenvalue weighted by atomic mass is 15.2. The number of allylic oxidation sites excluding steroid dienone is 1. The third-order valence-electron chi connectivity index (χ3n) is 7.01. The number of imidazole rings is 1. The van der Waals surface area contributed by atoms with Crippen LogP contribution in [0.5, 0.6) is 0 Å². The van der Waals surface area contributed by atoms with Crippen molar-refractivity contribution < 1.29 is 0 Å². The van der Waals surface area contributed by atoms with Crippen LogP contribution in [0.4, 0.5) is 5.82 Å². The Bertz CT molecular complexity index is 1100. The molecule has 6 heteroatoms. The molecule has 0 spiro atoms. The van der Waals surface area contributed by atoms with Gasteiger partial charge in [0.25, 0.3) is 0 Å². The number of pyridine rings is 2. The normalized spacial score (nSPS) is 18.8. The molecule has 1 N–H and O–H groups in total. The SMILES string of the molecule is CNCc1nc2n(c1-c1ccc(N3CCCC3)nc1)C=CC(C)C2.c1cnc2c(c1)CCCC2. The molecule has 0 saturated carbocycles. The number of hydrogen-bond donors (Lipinski definition) is 1. The van der Waals surface area contributed by atoms with Crippen molar-refractivity contribution in [2.45, 2.75) is 58.4 Å². The van der Waals surface area contributed by atoms with Crippen LogP contribution in [0.25, 0.3) is 17.5 Å². The van der Waals surface area contributed by atoms with Crippen molar-refractivity contribution in [1.82, 2.24) is 24.8 Å². The number of rotatable bonds is 4. The molecule has 3 aliphatic rings. The van der Waals surface area contributed by atoms with Gasteiger partial charge in [-0.15, -0.1) is 0 Å². The molecule has 0 amide bonds. The lowest BCUT2D eigenvalue weighted by Gasteiger charge is -2.17. The Balaban J connectivity index is 0.000000200. The summed E-state index contributed by atoms with van der Waals surface area (Å²) in [6, 6.07) is 8.57. The Morgan fingerprint density at radius 1 is 1.03 bits per heavy atom. The molecule has 1 fully saturated rings. The van der Waals surface area contributed by atoms with Gasteiger partial charge in [-0.2, -0.15) is 0 Å². The molecule has 3 aromatic rings. The number of aryl methyl sites for hydroxylation is 2. The van der Waals surface area contributed by atoms with Gasteiger partial charge >= 0.3 is 0 Å². The molecule has 1 aliphatic carbocycles. The van der Waals surface area contributed by atoms with E-state index < -0.39 is 0 Å². The third-order valence-corrected chi connectivity index (χ3v) is 7.01. The lowest BCUT2D eigenvalue weighted by atomic mass is 9.96. The van der Waals surface area contributed by atoms with Crippen LogP contribution >= 0.6 is 0 Å². The van der Waals surface area contributed by atoms with Gasteiger partial charge in [0.1, 0.15) is 11.6 Å². The molecule has 5 heterocycles. The number of anilines is 1. The van der Waals surface area contributed by atoms with E-state index in [0.29, 0.717) is 5.92 Å². The maximum Gasteiger partial charge on any atom is 0.128 e. The molecule has 1 saturated heterocycles. The minimum atomic E-state index is 0.547. The molecule has 178 valence electrons. The highest BCUT2D eigenvalue weighted by Crippen LogP contribution is 2.30. The first-order chi connectivity index (χ1) is 16.7. The highest BCUT2D eigenvalue weighted by molar-refractivity contribution is 5.67. The van der Waals surface area contributed by atoms with Crippen molar-refractivity contribution >= 4 is 12.0 Å². The first-order valence-corrected chi connectivity index (χ1v) is 12.8. The zero-order valence-corrected chi connectivity index (χ0v) is 20.5. The van der Waals surface area contributed by atoms with Crippen molar-refractivity contribution in [3.63, 3.8) is 0 Å². The first kappa shape index (κ1) is 22.8. The van der Waals surface area contributed by atoms with E-state index in [1.54, 1.807) is 0 Å². The molecule has 0 radical (unpaired) electrons. The van der Waals surface area contributed by atoms with E-state index in [4.69, 9.17) is 9.97 Å². The molecule has 6 nitrogen and oxygen atoms in total. The largest absolute Gasteiger partial charge is 0.357 e. The maximum atomic E-state index is 4.88. The van der Waals surface area contributed by atoms with Gasteiger partial charge in [-0.05, 0) is 75.3 Å². The molecular weight excluding hydrogens is 420 g/mol. The third kappa shape index (κ3) is 4.92. The highest BCUT2D eigenvalue weighted by Gasteiger charge is 2.21. The van der Waals surface area contributed by atoms with Crippen LogP contribution < -0.4 is 10.2 Å². The quantitative estimate of drug-likeness (QED) is 0.606. The van der Waals surface area contributed by atoms with Crippen molar-refractivity contribution in [3.05, 3.63) is 65.5 Å². The van der Waals surface area contributed by atoms with Gasteiger partial charge in [0.05, 0.1) is 11.4 Å². The van der Waals surface area contributed by atoms with Gasteiger partial charge in [-0.1, -0.05) is 19.1 Å². The van der Waals surface area contributed by atoms with Crippen LogP contribution in [0.3, 0.4) is 0 Å². The van der Waals surface area contributed by atoms with E-state index in [0.717, 1.165) is 49.0 Å². The summed E-state index contributed by atoms with van der Waals surface area (Å²) in [5.41, 5.74) is 6.20. The summed E-state index contributed by atoms with van der Waals surface area (Å²) in [7, 11) is 1.97. The summed E-state index contributed by atoms with van der Waals surface area (Å²) in [6.45, 7) is 5.25. The standard InChI is InChI=1S/C19H25N5.C9H11N/c1-14-7-10-24-18(11-14)22-16(13-20-2)19(24)15-5-6-17(21-12-15)23-8-3-4-9-23;1-2-6-9-8(4-1)5-3-7-10-9/h5-7,10,12,14,20H,3-4,8-9,11,13H2,1-2H3;3,5,7H,1-2,4,6H2. The van der Waals surface area contributed by atoms with Gasteiger partial charge in [-0.3, -0.25) is 4.98 Å². The smallest absolute Gasteiger partial charge is 0.128 e. The molecule has 0 bridgehead atoms. The van der Waals surface area contributed by atoms with E-state index in [2.05, 4.69) is 57.2 Å². The van der Waals surface area contributed by atoms with Gasteiger partial charge in [0.15, 0.2) is 0 Å². The van der Waals surface area contributed by atoms with Crippen LogP contribution in [0, 0.1) is 5.92 Å². The van der Waals surface area contributed by atoms with E-state index in [-0.39, 0.29) is 0 Å². The maximum absolute atomic E-state index is 4.88. The molecule has 3 aromatic heterocycles. The van der Waals surface area contributed by atoms with Crippen LogP contribution in [-0.2, 0) is 25.8 Å². The lowest BCUT2D eigenvalue weighted by molar-refractivity contribution is 0.661. The fourth-order valence-corrected chi connectivity index (χ4v) is 5.21. The Morgan fingerprint density at radius 3 is 2.65 bits per heavy atom. The zero-order valence-electron chi connectivity index (χ0n) is 20.5. The lowest BCUT2D eigenvalue weighted by Crippen LogP contribution is -2.18. The van der Waals surface area contributed by atoms with Gasteiger partial charge < -0.3 is 14.8 Å². The second kappa shape index (κ2) is 10.5. The molecule has 2 aliphatic heterocycles. The number of hydrogen-bond acceptors (Lipinski definition) is 5. The van der Waals surface area contributed by atoms with Crippen LogP contribution in [0.1, 0.15) is 55.4 Å². The topological polar surface area (TPSA) is 58.9 Å². The molecule has 6 rings (SSSR count). The van der Waals surface area contributed by atoms with Crippen molar-refractivity contribution in [2.75, 3.05) is 25.0 Å². The minimum absolute atomic E-state index is 0.547. The molecule has 34 heavy (non-hydrogen) atoms. The Kier molecular flexibility index (Phi) is 7.05. The molecule has 1 unspecified atom stereocenters. The fourth-order valence-electron chi connectivity index (χ4n) is 5.21.